The topological polar surface area (TPSA) is 111 Å². The van der Waals surface area contributed by atoms with Gasteiger partial charge in [-0.05, 0) is 25.1 Å². The van der Waals surface area contributed by atoms with E-state index in [1.165, 1.54) is 30.6 Å². The zero-order valence-corrected chi connectivity index (χ0v) is 16.0. The van der Waals surface area contributed by atoms with Crippen molar-refractivity contribution in [3.8, 4) is 17.0 Å². The SMILES string of the molecule is COc1ccc([N+](=O)[O-])cc1S(=O)(=O)Nc1cccc(-c2csc(C)n2)c1. The normalized spacial score (nSPS) is 11.2. The van der Waals surface area contributed by atoms with Gasteiger partial charge in [-0.25, -0.2) is 13.4 Å². The van der Waals surface area contributed by atoms with Crippen LogP contribution in [0.15, 0.2) is 52.7 Å². The zero-order chi connectivity index (χ0) is 19.6. The van der Waals surface area contributed by atoms with Crippen molar-refractivity contribution < 1.29 is 18.1 Å². The molecule has 1 N–H and O–H groups in total. The minimum atomic E-state index is -4.10. The maximum Gasteiger partial charge on any atom is 0.271 e. The van der Waals surface area contributed by atoms with Crippen LogP contribution in [0.2, 0.25) is 0 Å². The van der Waals surface area contributed by atoms with E-state index in [1.807, 2.05) is 18.4 Å². The molecule has 2 aromatic carbocycles. The van der Waals surface area contributed by atoms with Crippen LogP contribution in [-0.2, 0) is 10.0 Å². The molecule has 3 aromatic rings. The van der Waals surface area contributed by atoms with Crippen molar-refractivity contribution in [2.24, 2.45) is 0 Å². The second-order valence-electron chi connectivity index (χ2n) is 5.53. The van der Waals surface area contributed by atoms with E-state index >= 15 is 0 Å². The Bertz CT molecular complexity index is 1110. The summed E-state index contributed by atoms with van der Waals surface area (Å²) in [4.78, 5) is 14.4. The van der Waals surface area contributed by atoms with Crippen LogP contribution in [0.1, 0.15) is 5.01 Å². The van der Waals surface area contributed by atoms with E-state index in [9.17, 15) is 18.5 Å². The summed E-state index contributed by atoms with van der Waals surface area (Å²) in [5, 5.41) is 13.8. The maximum absolute atomic E-state index is 12.8. The molecule has 0 saturated carbocycles. The van der Waals surface area contributed by atoms with Crippen LogP contribution in [-0.4, -0.2) is 25.4 Å². The third-order valence-corrected chi connectivity index (χ3v) is 5.85. The molecule has 0 spiro atoms. The second-order valence-corrected chi connectivity index (χ2v) is 8.24. The number of nitro groups is 1. The van der Waals surface area contributed by atoms with Gasteiger partial charge < -0.3 is 4.74 Å². The number of methoxy groups -OCH3 is 1. The molecule has 0 aliphatic rings. The van der Waals surface area contributed by atoms with Gasteiger partial charge in [0.1, 0.15) is 10.6 Å². The number of rotatable bonds is 6. The number of anilines is 1. The first-order chi connectivity index (χ1) is 12.8. The van der Waals surface area contributed by atoms with Crippen molar-refractivity contribution in [2.45, 2.75) is 11.8 Å². The summed E-state index contributed by atoms with van der Waals surface area (Å²) in [5.74, 6) is 0.0133. The average molecular weight is 405 g/mol. The van der Waals surface area contributed by atoms with E-state index in [2.05, 4.69) is 9.71 Å². The molecule has 10 heteroatoms. The Balaban J connectivity index is 1.98. The number of aromatic nitrogens is 1. The predicted octanol–water partition coefficient (Wildman–Crippen LogP) is 3.84. The number of aryl methyl sites for hydroxylation is 1. The van der Waals surface area contributed by atoms with Gasteiger partial charge in [-0.1, -0.05) is 12.1 Å². The Morgan fingerprint density at radius 1 is 1.22 bits per heavy atom. The van der Waals surface area contributed by atoms with Crippen LogP contribution in [0.25, 0.3) is 11.3 Å². The number of ether oxygens (including phenoxy) is 1. The molecule has 0 saturated heterocycles. The molecule has 140 valence electrons. The standard InChI is InChI=1S/C17H15N3O5S2/c1-11-18-15(10-26-11)12-4-3-5-13(8-12)19-27(23,24)17-9-14(20(21)22)6-7-16(17)25-2/h3-10,19H,1-2H3. The number of nitrogens with one attached hydrogen (secondary N) is 1. The van der Waals surface area contributed by atoms with Gasteiger partial charge in [-0.15, -0.1) is 11.3 Å². The molecule has 0 atom stereocenters. The Labute approximate surface area is 159 Å². The highest BCUT2D eigenvalue weighted by Crippen LogP contribution is 2.31. The van der Waals surface area contributed by atoms with Crippen LogP contribution in [0.5, 0.6) is 5.75 Å². The molecule has 1 aromatic heterocycles. The fourth-order valence-electron chi connectivity index (χ4n) is 2.44. The summed E-state index contributed by atoms with van der Waals surface area (Å²) in [6.45, 7) is 1.88. The Hall–Kier alpha value is -2.98. The second kappa shape index (κ2) is 7.33. The number of nitrogens with zero attached hydrogens (tertiary/aromatic N) is 2. The minimum absolute atomic E-state index is 0.0133. The van der Waals surface area contributed by atoms with Crippen molar-refractivity contribution in [3.63, 3.8) is 0 Å². The number of thiazole rings is 1. The first kappa shape index (κ1) is 18.8. The highest BCUT2D eigenvalue weighted by atomic mass is 32.2. The largest absolute Gasteiger partial charge is 0.495 e. The zero-order valence-electron chi connectivity index (χ0n) is 14.4. The Morgan fingerprint density at radius 2 is 2.00 bits per heavy atom. The van der Waals surface area contributed by atoms with Gasteiger partial charge in [0.05, 0.1) is 22.7 Å². The first-order valence-electron chi connectivity index (χ1n) is 7.68. The molecule has 0 radical (unpaired) electrons. The Morgan fingerprint density at radius 3 is 2.63 bits per heavy atom. The number of nitro benzene ring substituents is 1. The lowest BCUT2D eigenvalue weighted by Crippen LogP contribution is -2.14. The number of hydrogen-bond acceptors (Lipinski definition) is 7. The van der Waals surface area contributed by atoms with Gasteiger partial charge in [0.2, 0.25) is 0 Å². The molecular weight excluding hydrogens is 390 g/mol. The first-order valence-corrected chi connectivity index (χ1v) is 10.0. The summed E-state index contributed by atoms with van der Waals surface area (Å²) in [5.41, 5.74) is 1.46. The molecule has 0 aliphatic heterocycles. The fraction of sp³-hybridized carbons (Fsp3) is 0.118. The van der Waals surface area contributed by atoms with Crippen molar-refractivity contribution >= 4 is 32.7 Å². The van der Waals surface area contributed by atoms with Crippen molar-refractivity contribution in [2.75, 3.05) is 11.8 Å². The van der Waals surface area contributed by atoms with E-state index < -0.39 is 14.9 Å². The van der Waals surface area contributed by atoms with E-state index in [0.717, 1.165) is 22.3 Å². The monoisotopic (exact) mass is 405 g/mol. The third kappa shape index (κ3) is 4.07. The molecule has 1 heterocycles. The molecule has 0 aliphatic carbocycles. The van der Waals surface area contributed by atoms with E-state index in [4.69, 9.17) is 4.74 Å². The summed E-state index contributed by atoms with van der Waals surface area (Å²) in [7, 11) is -2.81. The lowest BCUT2D eigenvalue weighted by Gasteiger charge is -2.12. The molecular formula is C17H15N3O5S2. The Kier molecular flexibility index (Phi) is 5.10. The van der Waals surface area contributed by atoms with Gasteiger partial charge >= 0.3 is 0 Å². The summed E-state index contributed by atoms with van der Waals surface area (Å²) in [6, 6.07) is 10.2. The molecule has 27 heavy (non-hydrogen) atoms. The maximum atomic E-state index is 12.8. The van der Waals surface area contributed by atoms with Gasteiger partial charge in [0.15, 0.2) is 0 Å². The summed E-state index contributed by atoms with van der Waals surface area (Å²) in [6.07, 6.45) is 0. The quantitative estimate of drug-likeness (QED) is 0.493. The number of sulfonamides is 1. The van der Waals surface area contributed by atoms with Crippen LogP contribution in [0.3, 0.4) is 0 Å². The van der Waals surface area contributed by atoms with E-state index in [0.29, 0.717) is 5.69 Å². The minimum Gasteiger partial charge on any atom is -0.495 e. The molecule has 0 bridgehead atoms. The highest BCUT2D eigenvalue weighted by Gasteiger charge is 2.23. The number of benzene rings is 2. The smallest absolute Gasteiger partial charge is 0.271 e. The molecule has 0 unspecified atom stereocenters. The van der Waals surface area contributed by atoms with Crippen molar-refractivity contribution in [1.82, 2.24) is 4.98 Å². The van der Waals surface area contributed by atoms with Gasteiger partial charge in [-0.3, -0.25) is 14.8 Å². The van der Waals surface area contributed by atoms with Crippen LogP contribution < -0.4 is 9.46 Å². The van der Waals surface area contributed by atoms with Crippen LogP contribution in [0, 0.1) is 17.0 Å². The van der Waals surface area contributed by atoms with Crippen molar-refractivity contribution in [3.05, 3.63) is 63.0 Å². The molecule has 3 rings (SSSR count). The third-order valence-electron chi connectivity index (χ3n) is 3.68. The van der Waals surface area contributed by atoms with Crippen molar-refractivity contribution in [1.29, 1.82) is 0 Å². The lowest BCUT2D eigenvalue weighted by molar-refractivity contribution is -0.385. The molecule has 8 nitrogen and oxygen atoms in total. The summed E-state index contributed by atoms with van der Waals surface area (Å²) < 4.78 is 33.0. The number of hydrogen-bond donors (Lipinski definition) is 1. The lowest BCUT2D eigenvalue weighted by atomic mass is 10.1. The van der Waals surface area contributed by atoms with Crippen LogP contribution >= 0.6 is 11.3 Å². The van der Waals surface area contributed by atoms with E-state index in [1.54, 1.807) is 18.2 Å². The predicted molar refractivity (Wildman–Crippen MR) is 103 cm³/mol. The number of non-ortho nitro benzene ring substituents is 1. The molecule has 0 fully saturated rings. The van der Waals surface area contributed by atoms with Gasteiger partial charge in [0.25, 0.3) is 15.7 Å². The van der Waals surface area contributed by atoms with E-state index in [-0.39, 0.29) is 16.3 Å². The fourth-order valence-corrected chi connectivity index (χ4v) is 4.30. The van der Waals surface area contributed by atoms with Gasteiger partial charge in [0, 0.05) is 28.8 Å². The summed E-state index contributed by atoms with van der Waals surface area (Å²) >= 11 is 1.49. The highest BCUT2D eigenvalue weighted by molar-refractivity contribution is 7.92. The molecule has 0 amide bonds. The average Bonchev–Trinajstić information content (AvgIpc) is 3.07. The van der Waals surface area contributed by atoms with Crippen LogP contribution in [0.4, 0.5) is 11.4 Å². The van der Waals surface area contributed by atoms with Gasteiger partial charge in [-0.2, -0.15) is 0 Å².